The van der Waals surface area contributed by atoms with E-state index < -0.39 is 5.79 Å². The maximum absolute atomic E-state index is 9.59. The van der Waals surface area contributed by atoms with Crippen molar-refractivity contribution in [3.8, 4) is 11.5 Å². The van der Waals surface area contributed by atoms with Crippen LogP contribution in [0, 0.1) is 5.41 Å². The van der Waals surface area contributed by atoms with E-state index in [1.165, 1.54) is 0 Å². The van der Waals surface area contributed by atoms with E-state index in [1.54, 1.807) is 0 Å². The Labute approximate surface area is 121 Å². The second kappa shape index (κ2) is 5.52. The van der Waals surface area contributed by atoms with Gasteiger partial charge in [0.1, 0.15) is 0 Å². The van der Waals surface area contributed by atoms with Gasteiger partial charge in [-0.05, 0) is 25.0 Å². The normalized spacial score (nSPS) is 16.2. The lowest BCUT2D eigenvalue weighted by atomic mass is 9.83. The standard InChI is InChI=1S/C16H25NO3/c1-5-16(6-2,11-18)10-17-12-7-8-13-14(9-12)20-15(3,4)19-13/h7-9,17-18H,5-6,10-11H2,1-4H3. The summed E-state index contributed by atoms with van der Waals surface area (Å²) in [4.78, 5) is 0. The molecule has 0 spiro atoms. The molecule has 0 fully saturated rings. The molecule has 1 aliphatic rings. The van der Waals surface area contributed by atoms with Crippen molar-refractivity contribution in [2.75, 3.05) is 18.5 Å². The molecule has 0 aromatic heterocycles. The number of fused-ring (bicyclic) bond motifs is 1. The number of anilines is 1. The van der Waals surface area contributed by atoms with E-state index in [4.69, 9.17) is 9.47 Å². The van der Waals surface area contributed by atoms with E-state index in [0.717, 1.165) is 36.6 Å². The van der Waals surface area contributed by atoms with Gasteiger partial charge in [0.25, 0.3) is 0 Å². The van der Waals surface area contributed by atoms with Crippen molar-refractivity contribution < 1.29 is 14.6 Å². The van der Waals surface area contributed by atoms with Crippen LogP contribution in [-0.4, -0.2) is 24.0 Å². The van der Waals surface area contributed by atoms with E-state index in [-0.39, 0.29) is 12.0 Å². The van der Waals surface area contributed by atoms with Crippen LogP contribution in [0.15, 0.2) is 18.2 Å². The van der Waals surface area contributed by atoms with Gasteiger partial charge in [-0.3, -0.25) is 0 Å². The number of benzene rings is 1. The van der Waals surface area contributed by atoms with E-state index in [9.17, 15) is 5.11 Å². The smallest absolute Gasteiger partial charge is 0.246 e. The van der Waals surface area contributed by atoms with Crippen LogP contribution in [-0.2, 0) is 0 Å². The van der Waals surface area contributed by atoms with Crippen molar-refractivity contribution in [2.24, 2.45) is 5.41 Å². The first kappa shape index (κ1) is 15.0. The first-order valence-electron chi connectivity index (χ1n) is 7.30. The molecule has 1 aliphatic heterocycles. The summed E-state index contributed by atoms with van der Waals surface area (Å²) in [6, 6.07) is 5.86. The van der Waals surface area contributed by atoms with E-state index in [1.807, 2.05) is 32.0 Å². The molecule has 0 radical (unpaired) electrons. The second-order valence-corrected chi connectivity index (χ2v) is 5.98. The lowest BCUT2D eigenvalue weighted by Gasteiger charge is -2.30. The van der Waals surface area contributed by atoms with Crippen LogP contribution in [0.4, 0.5) is 5.69 Å². The van der Waals surface area contributed by atoms with Gasteiger partial charge >= 0.3 is 0 Å². The molecule has 0 saturated carbocycles. The molecule has 0 atom stereocenters. The Hall–Kier alpha value is -1.42. The third-order valence-electron chi connectivity index (χ3n) is 4.16. The predicted octanol–water partition coefficient (Wildman–Crippen LogP) is 3.40. The average molecular weight is 279 g/mol. The Morgan fingerprint density at radius 3 is 2.40 bits per heavy atom. The Balaban J connectivity index is 2.06. The van der Waals surface area contributed by atoms with Crippen molar-refractivity contribution in [2.45, 2.75) is 46.3 Å². The molecule has 0 amide bonds. The number of ether oxygens (including phenoxy) is 2. The topological polar surface area (TPSA) is 50.7 Å². The Bertz CT molecular complexity index is 459. The first-order valence-corrected chi connectivity index (χ1v) is 7.30. The minimum Gasteiger partial charge on any atom is -0.449 e. The highest BCUT2D eigenvalue weighted by Gasteiger charge is 2.32. The third-order valence-corrected chi connectivity index (χ3v) is 4.16. The van der Waals surface area contributed by atoms with E-state index >= 15 is 0 Å². The van der Waals surface area contributed by atoms with Crippen molar-refractivity contribution in [3.05, 3.63) is 18.2 Å². The zero-order valence-corrected chi connectivity index (χ0v) is 12.8. The summed E-state index contributed by atoms with van der Waals surface area (Å²) >= 11 is 0. The summed E-state index contributed by atoms with van der Waals surface area (Å²) < 4.78 is 11.4. The number of aliphatic hydroxyl groups excluding tert-OH is 1. The SMILES string of the molecule is CCC(CC)(CO)CNc1ccc2c(c1)OC(C)(C)O2. The lowest BCUT2D eigenvalue weighted by Crippen LogP contribution is -2.32. The average Bonchev–Trinajstić information content (AvgIpc) is 2.74. The van der Waals surface area contributed by atoms with Gasteiger partial charge < -0.3 is 19.9 Å². The van der Waals surface area contributed by atoms with Gasteiger partial charge in [-0.25, -0.2) is 0 Å². The molecular weight excluding hydrogens is 254 g/mol. The molecule has 20 heavy (non-hydrogen) atoms. The van der Waals surface area contributed by atoms with Crippen LogP contribution < -0.4 is 14.8 Å². The molecule has 112 valence electrons. The highest BCUT2D eigenvalue weighted by Crippen LogP contribution is 2.40. The summed E-state index contributed by atoms with van der Waals surface area (Å²) in [5.74, 6) is 0.949. The number of hydrogen-bond donors (Lipinski definition) is 2. The van der Waals surface area contributed by atoms with Crippen molar-refractivity contribution >= 4 is 5.69 Å². The van der Waals surface area contributed by atoms with Gasteiger partial charge in [-0.2, -0.15) is 0 Å². The maximum Gasteiger partial charge on any atom is 0.246 e. The van der Waals surface area contributed by atoms with Crippen LogP contribution in [0.3, 0.4) is 0 Å². The summed E-state index contributed by atoms with van der Waals surface area (Å²) in [7, 11) is 0. The molecule has 1 heterocycles. The third kappa shape index (κ3) is 3.01. The summed E-state index contributed by atoms with van der Waals surface area (Å²) in [6.07, 6.45) is 1.90. The zero-order valence-electron chi connectivity index (χ0n) is 12.8. The van der Waals surface area contributed by atoms with Crippen molar-refractivity contribution in [3.63, 3.8) is 0 Å². The lowest BCUT2D eigenvalue weighted by molar-refractivity contribution is -0.0431. The highest BCUT2D eigenvalue weighted by atomic mass is 16.7. The fourth-order valence-corrected chi connectivity index (χ4v) is 2.40. The monoisotopic (exact) mass is 279 g/mol. The molecule has 0 aliphatic carbocycles. The minimum absolute atomic E-state index is 0.0599. The number of hydrogen-bond acceptors (Lipinski definition) is 4. The van der Waals surface area contributed by atoms with Crippen LogP contribution in [0.1, 0.15) is 40.5 Å². The number of nitrogens with one attached hydrogen (secondary N) is 1. The Morgan fingerprint density at radius 2 is 1.80 bits per heavy atom. The number of aliphatic hydroxyl groups is 1. The summed E-state index contributed by atoms with van der Waals surface area (Å²) in [5.41, 5.74) is 0.931. The minimum atomic E-state index is -0.595. The van der Waals surface area contributed by atoms with Crippen LogP contribution in [0.2, 0.25) is 0 Å². The van der Waals surface area contributed by atoms with E-state index in [0.29, 0.717) is 0 Å². The van der Waals surface area contributed by atoms with Crippen molar-refractivity contribution in [1.29, 1.82) is 0 Å². The van der Waals surface area contributed by atoms with Crippen LogP contribution >= 0.6 is 0 Å². The fraction of sp³-hybridized carbons (Fsp3) is 0.625. The summed E-state index contributed by atoms with van der Waals surface area (Å²) in [6.45, 7) is 8.97. The molecular formula is C16H25NO3. The molecule has 0 saturated heterocycles. The predicted molar refractivity (Wildman–Crippen MR) is 80.4 cm³/mol. The maximum atomic E-state index is 9.59. The largest absolute Gasteiger partial charge is 0.449 e. The van der Waals surface area contributed by atoms with Gasteiger partial charge in [0, 0.05) is 37.6 Å². The molecule has 4 heteroatoms. The van der Waals surface area contributed by atoms with Crippen molar-refractivity contribution in [1.82, 2.24) is 0 Å². The van der Waals surface area contributed by atoms with Gasteiger partial charge in [-0.1, -0.05) is 13.8 Å². The molecule has 2 rings (SSSR count). The molecule has 2 N–H and O–H groups in total. The molecule has 0 unspecified atom stereocenters. The van der Waals surface area contributed by atoms with Crippen LogP contribution in [0.5, 0.6) is 11.5 Å². The van der Waals surface area contributed by atoms with E-state index in [2.05, 4.69) is 19.2 Å². The quantitative estimate of drug-likeness (QED) is 0.838. The van der Waals surface area contributed by atoms with Gasteiger partial charge in [-0.15, -0.1) is 0 Å². The number of rotatable bonds is 6. The van der Waals surface area contributed by atoms with Crippen LogP contribution in [0.25, 0.3) is 0 Å². The first-order chi connectivity index (χ1) is 9.43. The summed E-state index contributed by atoms with van der Waals surface area (Å²) in [5, 5.41) is 13.0. The molecule has 1 aromatic rings. The molecule has 1 aromatic carbocycles. The highest BCUT2D eigenvalue weighted by molar-refractivity contribution is 5.56. The molecule has 0 bridgehead atoms. The second-order valence-electron chi connectivity index (χ2n) is 5.98. The van der Waals surface area contributed by atoms with Gasteiger partial charge in [0.2, 0.25) is 5.79 Å². The fourth-order valence-electron chi connectivity index (χ4n) is 2.40. The zero-order chi connectivity index (χ0) is 14.8. The molecule has 4 nitrogen and oxygen atoms in total. The van der Waals surface area contributed by atoms with Gasteiger partial charge in [0.05, 0.1) is 6.61 Å². The Kier molecular flexibility index (Phi) is 4.14. The Morgan fingerprint density at radius 1 is 1.15 bits per heavy atom. The van der Waals surface area contributed by atoms with Gasteiger partial charge in [0.15, 0.2) is 11.5 Å².